The highest BCUT2D eigenvalue weighted by molar-refractivity contribution is 4.95. The van der Waals surface area contributed by atoms with Crippen molar-refractivity contribution < 1.29 is 5.11 Å². The van der Waals surface area contributed by atoms with Gasteiger partial charge in [-0.1, -0.05) is 52.5 Å². The van der Waals surface area contributed by atoms with E-state index in [-0.39, 0.29) is 11.5 Å². The molecule has 0 aliphatic heterocycles. The Balaban J connectivity index is 3.81. The molecule has 0 aliphatic rings. The van der Waals surface area contributed by atoms with E-state index in [2.05, 4.69) is 27.4 Å². The highest BCUT2D eigenvalue weighted by Crippen LogP contribution is 2.30. The van der Waals surface area contributed by atoms with Gasteiger partial charge < -0.3 is 5.11 Å². The first-order valence-electron chi connectivity index (χ1n) is 5.92. The summed E-state index contributed by atoms with van der Waals surface area (Å²) in [6.45, 7) is 10.2. The molecule has 0 bridgehead atoms. The van der Waals surface area contributed by atoms with E-state index in [1.54, 1.807) is 0 Å². The zero-order valence-electron chi connectivity index (χ0n) is 10.1. The molecule has 1 heteroatoms. The van der Waals surface area contributed by atoms with E-state index in [4.69, 9.17) is 0 Å². The molecule has 1 N–H and O–H groups in total. The number of rotatable bonds is 8. The molecule has 2 atom stereocenters. The van der Waals surface area contributed by atoms with E-state index < -0.39 is 0 Å². The molecule has 0 spiro atoms. The number of unbranched alkanes of at least 4 members (excludes halogenated alkanes) is 3. The molecule has 0 rings (SSSR count). The van der Waals surface area contributed by atoms with Crippen LogP contribution in [0.25, 0.3) is 0 Å². The van der Waals surface area contributed by atoms with Crippen LogP contribution in [-0.4, -0.2) is 11.2 Å². The summed E-state index contributed by atoms with van der Waals surface area (Å²) in [4.78, 5) is 0. The summed E-state index contributed by atoms with van der Waals surface area (Å²) in [5.41, 5.74) is -0.0911. The van der Waals surface area contributed by atoms with Gasteiger partial charge in [0.2, 0.25) is 0 Å². The quantitative estimate of drug-likeness (QED) is 0.463. The first-order chi connectivity index (χ1) is 6.60. The van der Waals surface area contributed by atoms with Gasteiger partial charge in [-0.2, -0.15) is 0 Å². The molecule has 0 fully saturated rings. The Kier molecular flexibility index (Phi) is 6.90. The zero-order valence-corrected chi connectivity index (χ0v) is 10.1. The maximum absolute atomic E-state index is 10.00. The van der Waals surface area contributed by atoms with E-state index in [0.29, 0.717) is 0 Å². The Morgan fingerprint density at radius 2 is 1.93 bits per heavy atom. The molecule has 0 aromatic carbocycles. The molecular weight excluding hydrogens is 172 g/mol. The van der Waals surface area contributed by atoms with Crippen LogP contribution in [0.2, 0.25) is 0 Å². The third kappa shape index (κ3) is 4.28. The lowest BCUT2D eigenvalue weighted by Crippen LogP contribution is -2.29. The summed E-state index contributed by atoms with van der Waals surface area (Å²) in [6, 6.07) is 0. The average Bonchev–Trinajstić information content (AvgIpc) is 2.22. The Morgan fingerprint density at radius 3 is 2.36 bits per heavy atom. The van der Waals surface area contributed by atoms with Crippen LogP contribution in [0, 0.1) is 5.41 Å². The predicted octanol–water partition coefficient (Wildman–Crippen LogP) is 3.92. The number of aliphatic hydroxyl groups is 1. The van der Waals surface area contributed by atoms with Crippen LogP contribution in [0.4, 0.5) is 0 Å². The van der Waals surface area contributed by atoms with Gasteiger partial charge in [-0.25, -0.2) is 0 Å². The lowest BCUT2D eigenvalue weighted by Gasteiger charge is -2.30. The molecule has 0 aliphatic carbocycles. The van der Waals surface area contributed by atoms with E-state index >= 15 is 0 Å². The number of hydrogen-bond donors (Lipinski definition) is 1. The second-order valence-corrected chi connectivity index (χ2v) is 4.43. The fourth-order valence-electron chi connectivity index (χ4n) is 1.61. The van der Waals surface area contributed by atoms with E-state index in [0.717, 1.165) is 19.3 Å². The van der Waals surface area contributed by atoms with Crippen LogP contribution < -0.4 is 0 Å². The fourth-order valence-corrected chi connectivity index (χ4v) is 1.61. The summed E-state index contributed by atoms with van der Waals surface area (Å²) >= 11 is 0. The normalized spacial score (nSPS) is 17.4. The first kappa shape index (κ1) is 13.7. The molecule has 0 aromatic rings. The summed E-state index contributed by atoms with van der Waals surface area (Å²) < 4.78 is 0. The highest BCUT2D eigenvalue weighted by Gasteiger charge is 2.26. The lowest BCUT2D eigenvalue weighted by atomic mass is 9.79. The topological polar surface area (TPSA) is 20.2 Å². The molecule has 0 saturated carbocycles. The maximum Gasteiger partial charge on any atom is 0.0628 e. The monoisotopic (exact) mass is 198 g/mol. The van der Waals surface area contributed by atoms with Crippen molar-refractivity contribution in [1.29, 1.82) is 0 Å². The van der Waals surface area contributed by atoms with Crippen LogP contribution in [0.5, 0.6) is 0 Å². The zero-order chi connectivity index (χ0) is 11.0. The Hall–Kier alpha value is -0.300. The van der Waals surface area contributed by atoms with E-state index in [1.807, 2.05) is 6.08 Å². The Labute approximate surface area is 89.2 Å². The average molecular weight is 198 g/mol. The van der Waals surface area contributed by atoms with Gasteiger partial charge in [-0.3, -0.25) is 0 Å². The molecule has 0 radical (unpaired) electrons. The minimum absolute atomic E-state index is 0.0911. The molecule has 0 amide bonds. The smallest absolute Gasteiger partial charge is 0.0628 e. The van der Waals surface area contributed by atoms with Crippen molar-refractivity contribution in [3.05, 3.63) is 12.7 Å². The second-order valence-electron chi connectivity index (χ2n) is 4.43. The summed E-state index contributed by atoms with van der Waals surface area (Å²) in [5.74, 6) is 0. The second kappa shape index (κ2) is 7.05. The molecular formula is C13H26O. The van der Waals surface area contributed by atoms with Crippen molar-refractivity contribution in [2.75, 3.05) is 0 Å². The number of hydrogen-bond acceptors (Lipinski definition) is 1. The maximum atomic E-state index is 10.00. The van der Waals surface area contributed by atoms with Gasteiger partial charge in [0.1, 0.15) is 0 Å². The minimum Gasteiger partial charge on any atom is -0.392 e. The molecule has 14 heavy (non-hydrogen) atoms. The standard InChI is InChI=1S/C13H26O/c1-5-8-9-10-11-12(14)13(4,6-2)7-3/h6,12,14H,2,5,7-11H2,1,3-4H3/t12-,13+/m0/s1. The Bertz CT molecular complexity index is 153. The van der Waals surface area contributed by atoms with Crippen LogP contribution in [0.3, 0.4) is 0 Å². The van der Waals surface area contributed by atoms with Crippen LogP contribution in [-0.2, 0) is 0 Å². The molecule has 0 heterocycles. The summed E-state index contributed by atoms with van der Waals surface area (Å²) in [7, 11) is 0. The van der Waals surface area contributed by atoms with E-state index in [1.165, 1.54) is 19.3 Å². The van der Waals surface area contributed by atoms with Crippen molar-refractivity contribution >= 4 is 0 Å². The number of aliphatic hydroxyl groups excluding tert-OH is 1. The predicted molar refractivity (Wildman–Crippen MR) is 63.4 cm³/mol. The lowest BCUT2D eigenvalue weighted by molar-refractivity contribution is 0.0578. The van der Waals surface area contributed by atoms with Crippen molar-refractivity contribution in [2.45, 2.75) is 65.4 Å². The molecule has 0 unspecified atom stereocenters. The Morgan fingerprint density at radius 1 is 1.29 bits per heavy atom. The van der Waals surface area contributed by atoms with Gasteiger partial charge in [0.05, 0.1) is 6.10 Å². The van der Waals surface area contributed by atoms with Gasteiger partial charge in [0.25, 0.3) is 0 Å². The van der Waals surface area contributed by atoms with Crippen LogP contribution >= 0.6 is 0 Å². The summed E-state index contributed by atoms with van der Waals surface area (Å²) in [5, 5.41) is 10.00. The first-order valence-corrected chi connectivity index (χ1v) is 5.92. The molecule has 0 saturated heterocycles. The van der Waals surface area contributed by atoms with Crippen molar-refractivity contribution in [3.8, 4) is 0 Å². The van der Waals surface area contributed by atoms with E-state index in [9.17, 15) is 5.11 Å². The largest absolute Gasteiger partial charge is 0.392 e. The van der Waals surface area contributed by atoms with Crippen LogP contribution in [0.15, 0.2) is 12.7 Å². The van der Waals surface area contributed by atoms with Gasteiger partial charge >= 0.3 is 0 Å². The molecule has 0 aromatic heterocycles. The third-order valence-corrected chi connectivity index (χ3v) is 3.32. The minimum atomic E-state index is -0.221. The van der Waals surface area contributed by atoms with Gasteiger partial charge in [0, 0.05) is 5.41 Å². The van der Waals surface area contributed by atoms with Gasteiger partial charge in [-0.05, 0) is 12.8 Å². The fraction of sp³-hybridized carbons (Fsp3) is 0.846. The summed E-state index contributed by atoms with van der Waals surface area (Å²) in [6.07, 6.45) is 8.47. The van der Waals surface area contributed by atoms with Crippen molar-refractivity contribution in [3.63, 3.8) is 0 Å². The SMILES string of the molecule is C=C[C@](C)(CC)[C@@H](O)CCCCCC. The van der Waals surface area contributed by atoms with Crippen molar-refractivity contribution in [2.24, 2.45) is 5.41 Å². The highest BCUT2D eigenvalue weighted by atomic mass is 16.3. The third-order valence-electron chi connectivity index (χ3n) is 3.32. The van der Waals surface area contributed by atoms with Crippen molar-refractivity contribution in [1.82, 2.24) is 0 Å². The molecule has 1 nitrogen and oxygen atoms in total. The van der Waals surface area contributed by atoms with Gasteiger partial charge in [0.15, 0.2) is 0 Å². The van der Waals surface area contributed by atoms with Crippen LogP contribution in [0.1, 0.15) is 59.3 Å². The van der Waals surface area contributed by atoms with Gasteiger partial charge in [-0.15, -0.1) is 6.58 Å². The molecule has 84 valence electrons.